The van der Waals surface area contributed by atoms with Crippen LogP contribution in [0, 0.1) is 0 Å². The van der Waals surface area contributed by atoms with Crippen molar-refractivity contribution in [3.63, 3.8) is 0 Å². The first-order valence-electron chi connectivity index (χ1n) is 9.12. The molecule has 1 heterocycles. The van der Waals surface area contributed by atoms with Crippen molar-refractivity contribution in [2.75, 3.05) is 49.8 Å². The summed E-state index contributed by atoms with van der Waals surface area (Å²) < 4.78 is 28.5. The molecule has 3 rings (SSSR count). The Labute approximate surface area is 165 Å². The molecule has 2 aromatic rings. The van der Waals surface area contributed by atoms with Gasteiger partial charge in [0, 0.05) is 38.1 Å². The van der Waals surface area contributed by atoms with E-state index < -0.39 is 9.84 Å². The molecule has 1 fully saturated rings. The lowest BCUT2D eigenvalue weighted by Gasteiger charge is -2.24. The fourth-order valence-electron chi connectivity index (χ4n) is 3.23. The van der Waals surface area contributed by atoms with Gasteiger partial charge < -0.3 is 19.9 Å². The second-order valence-corrected chi connectivity index (χ2v) is 8.74. The third-order valence-electron chi connectivity index (χ3n) is 4.76. The number of hydrogen-bond acceptors (Lipinski definition) is 5. The van der Waals surface area contributed by atoms with Crippen LogP contribution < -0.4 is 15.0 Å². The van der Waals surface area contributed by atoms with Crippen LogP contribution in [-0.2, 0) is 9.84 Å². The molecular weight excluding hydrogens is 378 g/mol. The van der Waals surface area contributed by atoms with Crippen LogP contribution in [0.1, 0.15) is 6.42 Å². The number of rotatable bonds is 4. The molecule has 1 aliphatic rings. The standard InChI is InChI=1S/C20H25N3O4S/c1-27-19-7-4-3-6-18(19)21-20(24)23-13-5-12-22(14-15-23)16-8-10-17(11-9-16)28(2,25)26/h3-4,6-11H,5,12-15H2,1-2H3,(H,21,24). The molecule has 0 saturated carbocycles. The second kappa shape index (κ2) is 8.52. The maximum Gasteiger partial charge on any atom is 0.322 e. The lowest BCUT2D eigenvalue weighted by atomic mass is 10.2. The van der Waals surface area contributed by atoms with Crippen LogP contribution in [0.25, 0.3) is 0 Å². The molecule has 0 bridgehead atoms. The summed E-state index contributed by atoms with van der Waals surface area (Å²) in [6.45, 7) is 2.71. The minimum Gasteiger partial charge on any atom is -0.495 e. The van der Waals surface area contributed by atoms with E-state index in [1.807, 2.05) is 30.3 Å². The first-order valence-corrected chi connectivity index (χ1v) is 11.0. The van der Waals surface area contributed by atoms with Crippen LogP contribution in [0.2, 0.25) is 0 Å². The normalized spacial score (nSPS) is 15.1. The number of amides is 2. The van der Waals surface area contributed by atoms with E-state index in [-0.39, 0.29) is 6.03 Å². The summed E-state index contributed by atoms with van der Waals surface area (Å²) in [6, 6.07) is 14.1. The molecule has 1 N–H and O–H groups in total. The third kappa shape index (κ3) is 4.75. The van der Waals surface area contributed by atoms with Crippen LogP contribution in [0.15, 0.2) is 53.4 Å². The van der Waals surface area contributed by atoms with Gasteiger partial charge in [0.2, 0.25) is 0 Å². The van der Waals surface area contributed by atoms with E-state index >= 15 is 0 Å². The lowest BCUT2D eigenvalue weighted by Crippen LogP contribution is -2.38. The number of nitrogens with zero attached hydrogens (tertiary/aromatic N) is 2. The molecule has 2 aromatic carbocycles. The first-order chi connectivity index (χ1) is 13.4. The van der Waals surface area contributed by atoms with Crippen molar-refractivity contribution in [3.05, 3.63) is 48.5 Å². The third-order valence-corrected chi connectivity index (χ3v) is 5.89. The molecule has 7 nitrogen and oxygen atoms in total. The number of nitrogens with one attached hydrogen (secondary N) is 1. The van der Waals surface area contributed by atoms with Crippen LogP contribution >= 0.6 is 0 Å². The van der Waals surface area contributed by atoms with Crippen molar-refractivity contribution in [1.82, 2.24) is 4.90 Å². The Hall–Kier alpha value is -2.74. The average molecular weight is 404 g/mol. The van der Waals surface area contributed by atoms with Crippen molar-refractivity contribution >= 4 is 27.2 Å². The lowest BCUT2D eigenvalue weighted by molar-refractivity contribution is 0.215. The summed E-state index contributed by atoms with van der Waals surface area (Å²) in [5, 5.41) is 2.91. The van der Waals surface area contributed by atoms with Crippen molar-refractivity contribution < 1.29 is 17.9 Å². The fraction of sp³-hybridized carbons (Fsp3) is 0.350. The summed E-state index contributed by atoms with van der Waals surface area (Å²) in [5.41, 5.74) is 1.60. The molecule has 0 aromatic heterocycles. The zero-order valence-electron chi connectivity index (χ0n) is 16.1. The van der Waals surface area contributed by atoms with Gasteiger partial charge in [-0.2, -0.15) is 0 Å². The highest BCUT2D eigenvalue weighted by atomic mass is 32.2. The van der Waals surface area contributed by atoms with E-state index in [0.29, 0.717) is 36.0 Å². The Kier molecular flexibility index (Phi) is 6.08. The number of para-hydroxylation sites is 2. The zero-order valence-corrected chi connectivity index (χ0v) is 16.9. The minimum absolute atomic E-state index is 0.154. The van der Waals surface area contributed by atoms with Gasteiger partial charge in [0.1, 0.15) is 5.75 Å². The summed E-state index contributed by atoms with van der Waals surface area (Å²) in [7, 11) is -1.63. The topological polar surface area (TPSA) is 79.0 Å². The number of benzene rings is 2. The van der Waals surface area contributed by atoms with Crippen LogP contribution in [0.3, 0.4) is 0 Å². The molecule has 0 radical (unpaired) electrons. The Morgan fingerprint density at radius 2 is 1.71 bits per heavy atom. The van der Waals surface area contributed by atoms with E-state index in [4.69, 9.17) is 4.74 Å². The number of carbonyl (C=O) groups excluding carboxylic acids is 1. The van der Waals surface area contributed by atoms with E-state index in [1.165, 1.54) is 6.26 Å². The van der Waals surface area contributed by atoms with E-state index in [0.717, 1.165) is 18.7 Å². The van der Waals surface area contributed by atoms with Gasteiger partial charge in [0.25, 0.3) is 0 Å². The maximum absolute atomic E-state index is 12.7. The molecule has 1 aliphatic heterocycles. The monoisotopic (exact) mass is 403 g/mol. The number of sulfone groups is 1. The van der Waals surface area contributed by atoms with Crippen LogP contribution in [0.4, 0.5) is 16.2 Å². The number of methoxy groups -OCH3 is 1. The van der Waals surface area contributed by atoms with Gasteiger partial charge in [-0.3, -0.25) is 0 Å². The number of anilines is 2. The summed E-state index contributed by atoms with van der Waals surface area (Å²) >= 11 is 0. The number of hydrogen-bond donors (Lipinski definition) is 1. The summed E-state index contributed by atoms with van der Waals surface area (Å²) in [6.07, 6.45) is 2.03. The van der Waals surface area contributed by atoms with E-state index in [2.05, 4.69) is 10.2 Å². The second-order valence-electron chi connectivity index (χ2n) is 6.72. The number of urea groups is 1. The highest BCUT2D eigenvalue weighted by Crippen LogP contribution is 2.24. The fourth-order valence-corrected chi connectivity index (χ4v) is 3.86. The average Bonchev–Trinajstić information content (AvgIpc) is 2.94. The Morgan fingerprint density at radius 3 is 2.39 bits per heavy atom. The van der Waals surface area contributed by atoms with Gasteiger partial charge >= 0.3 is 6.03 Å². The van der Waals surface area contributed by atoms with Crippen LogP contribution in [-0.4, -0.2) is 58.9 Å². The smallest absolute Gasteiger partial charge is 0.322 e. The van der Waals surface area contributed by atoms with Crippen molar-refractivity contribution in [2.45, 2.75) is 11.3 Å². The van der Waals surface area contributed by atoms with Crippen LogP contribution in [0.5, 0.6) is 5.75 Å². The predicted molar refractivity (Wildman–Crippen MR) is 110 cm³/mol. The molecule has 8 heteroatoms. The van der Waals surface area contributed by atoms with Gasteiger partial charge in [0.15, 0.2) is 9.84 Å². The molecule has 0 unspecified atom stereocenters. The van der Waals surface area contributed by atoms with Gasteiger partial charge in [-0.25, -0.2) is 13.2 Å². The summed E-state index contributed by atoms with van der Waals surface area (Å²) in [5.74, 6) is 0.623. The zero-order chi connectivity index (χ0) is 20.1. The Bertz CT molecular complexity index is 929. The molecule has 28 heavy (non-hydrogen) atoms. The van der Waals surface area contributed by atoms with Crippen molar-refractivity contribution in [1.29, 1.82) is 0 Å². The highest BCUT2D eigenvalue weighted by molar-refractivity contribution is 7.90. The molecule has 0 atom stereocenters. The molecule has 1 saturated heterocycles. The first kappa shape index (κ1) is 20.0. The van der Waals surface area contributed by atoms with E-state index in [9.17, 15) is 13.2 Å². The molecular formula is C20H25N3O4S. The minimum atomic E-state index is -3.20. The molecule has 0 spiro atoms. The molecule has 0 aliphatic carbocycles. The largest absolute Gasteiger partial charge is 0.495 e. The Morgan fingerprint density at radius 1 is 1.00 bits per heavy atom. The van der Waals surface area contributed by atoms with Crippen molar-refractivity contribution in [3.8, 4) is 5.75 Å². The molecule has 2 amide bonds. The van der Waals surface area contributed by atoms with E-state index in [1.54, 1.807) is 30.2 Å². The van der Waals surface area contributed by atoms with Gasteiger partial charge in [-0.05, 0) is 42.8 Å². The predicted octanol–water partition coefficient (Wildman–Crippen LogP) is 2.84. The number of carbonyl (C=O) groups is 1. The van der Waals surface area contributed by atoms with Gasteiger partial charge in [-0.15, -0.1) is 0 Å². The van der Waals surface area contributed by atoms with Crippen molar-refractivity contribution in [2.24, 2.45) is 0 Å². The highest BCUT2D eigenvalue weighted by Gasteiger charge is 2.20. The SMILES string of the molecule is COc1ccccc1NC(=O)N1CCCN(c2ccc(S(C)(=O)=O)cc2)CC1. The Balaban J connectivity index is 1.63. The number of ether oxygens (including phenoxy) is 1. The quantitative estimate of drug-likeness (QED) is 0.849. The molecule has 150 valence electrons. The summed E-state index contributed by atoms with van der Waals surface area (Å²) in [4.78, 5) is 16.9. The van der Waals surface area contributed by atoms with Gasteiger partial charge in [0.05, 0.1) is 17.7 Å². The maximum atomic E-state index is 12.7. The van der Waals surface area contributed by atoms with Gasteiger partial charge in [-0.1, -0.05) is 12.1 Å².